The van der Waals surface area contributed by atoms with Gasteiger partial charge in [0.2, 0.25) is 0 Å². The number of aromatic nitrogens is 6. The summed E-state index contributed by atoms with van der Waals surface area (Å²) in [6.07, 6.45) is 5.59. The largest absolute Gasteiger partial charge is 0.444 e. The number of ether oxygens (including phenoxy) is 1. The minimum Gasteiger partial charge on any atom is -0.444 e. The van der Waals surface area contributed by atoms with Gasteiger partial charge in [0.05, 0.1) is 35.0 Å². The Morgan fingerprint density at radius 3 is 1.92 bits per heavy atom. The van der Waals surface area contributed by atoms with Gasteiger partial charge in [-0.25, -0.2) is 24.4 Å². The quantitative estimate of drug-likeness (QED) is 0.116. The molecule has 2 saturated heterocycles. The summed E-state index contributed by atoms with van der Waals surface area (Å²) in [6, 6.07) is 51.2. The number of carbonyl (C=O) groups is 2. The summed E-state index contributed by atoms with van der Waals surface area (Å²) in [5.41, 5.74) is 8.10. The first-order valence-corrected chi connectivity index (χ1v) is 24.8. The number of hydrogen-bond donors (Lipinski definition) is 2. The molecule has 3 aliphatic rings. The Kier molecular flexibility index (Phi) is 14.7. The molecule has 13 nitrogen and oxygen atoms in total. The van der Waals surface area contributed by atoms with Crippen molar-refractivity contribution in [1.29, 1.82) is 0 Å². The third-order valence-corrected chi connectivity index (χ3v) is 13.1. The van der Waals surface area contributed by atoms with Crippen LogP contribution >= 0.6 is 15.9 Å². The van der Waals surface area contributed by atoms with E-state index in [9.17, 15) is 14.7 Å². The number of aliphatic hydroxyl groups is 1. The van der Waals surface area contributed by atoms with Gasteiger partial charge in [0.25, 0.3) is 0 Å². The van der Waals surface area contributed by atoms with Crippen molar-refractivity contribution in [2.45, 2.75) is 69.7 Å². The number of halogens is 1. The van der Waals surface area contributed by atoms with Gasteiger partial charge < -0.3 is 20.1 Å². The highest BCUT2D eigenvalue weighted by atomic mass is 79.9. The van der Waals surface area contributed by atoms with E-state index in [1.165, 1.54) is 0 Å². The van der Waals surface area contributed by atoms with Crippen LogP contribution in [0.1, 0.15) is 85.8 Å². The number of pyridine rings is 4. The first-order chi connectivity index (χ1) is 34.4. The number of fused-ring (bicyclic) bond motifs is 2. The van der Waals surface area contributed by atoms with Gasteiger partial charge in [0.1, 0.15) is 32.8 Å². The molecule has 5 aromatic heterocycles. The van der Waals surface area contributed by atoms with Crippen molar-refractivity contribution in [3.05, 3.63) is 208 Å². The molecule has 2 fully saturated rings. The Bertz CT molecular complexity index is 3050. The SMILES string of the molecule is Brc1cccc(-c2nn(C(c3ccccc3)(c3ccccc3)c3ccccc3)c3ncccc23)n1.CC(C)(C)OC(=O)N1CCC(=O)CC1.OC1(c2cccc(C3=NCc4ncccc43)n2)CCNCC1. The van der Waals surface area contributed by atoms with Crippen molar-refractivity contribution in [1.82, 2.24) is 39.9 Å². The number of likely N-dealkylation sites (tertiary alicyclic amines) is 1. The fourth-order valence-corrected chi connectivity index (χ4v) is 9.59. The normalized spacial score (nSPS) is 15.4. The molecule has 360 valence electrons. The predicted molar refractivity (Wildman–Crippen MR) is 279 cm³/mol. The van der Waals surface area contributed by atoms with Crippen molar-refractivity contribution >= 4 is 44.6 Å². The van der Waals surface area contributed by atoms with Crippen LogP contribution in [0.3, 0.4) is 0 Å². The highest BCUT2D eigenvalue weighted by Gasteiger charge is 2.41. The van der Waals surface area contributed by atoms with E-state index in [0.29, 0.717) is 45.3 Å². The molecule has 14 heteroatoms. The van der Waals surface area contributed by atoms with Crippen LogP contribution in [0.5, 0.6) is 0 Å². The maximum atomic E-state index is 11.5. The number of ketones is 1. The molecule has 0 atom stereocenters. The van der Waals surface area contributed by atoms with Crippen LogP contribution in [0.2, 0.25) is 0 Å². The summed E-state index contributed by atoms with van der Waals surface area (Å²) < 4.78 is 8.02. The summed E-state index contributed by atoms with van der Waals surface area (Å²) in [6.45, 7) is 8.72. The third kappa shape index (κ3) is 10.7. The minimum absolute atomic E-state index is 0.227. The second-order valence-corrected chi connectivity index (χ2v) is 19.5. The summed E-state index contributed by atoms with van der Waals surface area (Å²) in [7, 11) is 0. The zero-order valence-corrected chi connectivity index (χ0v) is 41.7. The molecule has 0 aliphatic carbocycles. The Morgan fingerprint density at radius 1 is 0.704 bits per heavy atom. The van der Waals surface area contributed by atoms with E-state index >= 15 is 0 Å². The Morgan fingerprint density at radius 2 is 1.30 bits per heavy atom. The van der Waals surface area contributed by atoms with Crippen LogP contribution in [0.25, 0.3) is 22.4 Å². The second-order valence-electron chi connectivity index (χ2n) is 18.6. The topological polar surface area (TPSA) is 161 Å². The van der Waals surface area contributed by atoms with Crippen molar-refractivity contribution in [2.24, 2.45) is 4.99 Å². The number of Topliss-reactive ketones (excluding diaryl/α,β-unsaturated/α-hetero) is 1. The summed E-state index contributed by atoms with van der Waals surface area (Å²) >= 11 is 3.52. The van der Waals surface area contributed by atoms with Gasteiger partial charge >= 0.3 is 6.09 Å². The minimum atomic E-state index is -0.835. The molecule has 71 heavy (non-hydrogen) atoms. The number of carbonyl (C=O) groups excluding carboxylic acids is 2. The number of hydrogen-bond acceptors (Lipinski definition) is 11. The van der Waals surface area contributed by atoms with Gasteiger partial charge in [-0.05, 0) is 128 Å². The third-order valence-electron chi connectivity index (χ3n) is 12.7. The molecule has 8 aromatic rings. The van der Waals surface area contributed by atoms with Crippen LogP contribution in [-0.2, 0) is 27.2 Å². The van der Waals surface area contributed by atoms with Crippen LogP contribution in [-0.4, -0.2) is 89.1 Å². The molecule has 3 aromatic carbocycles. The van der Waals surface area contributed by atoms with Gasteiger partial charge in [-0.1, -0.05) is 103 Å². The van der Waals surface area contributed by atoms with E-state index in [2.05, 4.69) is 115 Å². The van der Waals surface area contributed by atoms with Crippen molar-refractivity contribution in [2.75, 3.05) is 26.2 Å². The van der Waals surface area contributed by atoms with E-state index in [0.717, 1.165) is 85.2 Å². The van der Waals surface area contributed by atoms with Gasteiger partial charge in [-0.15, -0.1) is 0 Å². The number of nitrogens with zero attached hydrogens (tertiary/aromatic N) is 8. The number of nitrogens with one attached hydrogen (secondary N) is 1. The molecule has 8 heterocycles. The molecule has 0 spiro atoms. The van der Waals surface area contributed by atoms with Gasteiger partial charge in [-0.3, -0.25) is 14.8 Å². The Hall–Kier alpha value is -7.26. The number of benzene rings is 3. The molecular weight excluding hydrogens is 955 g/mol. The molecule has 0 radical (unpaired) electrons. The Labute approximate surface area is 422 Å². The highest BCUT2D eigenvalue weighted by molar-refractivity contribution is 9.10. The van der Waals surface area contributed by atoms with E-state index in [4.69, 9.17) is 24.8 Å². The average Bonchev–Trinajstić information content (AvgIpc) is 4.01. The first-order valence-electron chi connectivity index (χ1n) is 24.0. The monoisotopic (exact) mass is 1010 g/mol. The maximum Gasteiger partial charge on any atom is 0.410 e. The van der Waals surface area contributed by atoms with Gasteiger partial charge in [0, 0.05) is 49.3 Å². The summed E-state index contributed by atoms with van der Waals surface area (Å²) in [5.74, 6) is 0.227. The highest BCUT2D eigenvalue weighted by Crippen LogP contribution is 2.43. The molecule has 1 amide bonds. The fraction of sp³-hybridized carbons (Fsp3) is 0.263. The summed E-state index contributed by atoms with van der Waals surface area (Å²) in [4.78, 5) is 47.3. The van der Waals surface area contributed by atoms with Gasteiger partial charge in [-0.2, -0.15) is 5.10 Å². The molecule has 0 bridgehead atoms. The van der Waals surface area contributed by atoms with Crippen molar-refractivity contribution in [3.8, 4) is 11.4 Å². The maximum absolute atomic E-state index is 11.5. The van der Waals surface area contributed by atoms with Crippen LogP contribution in [0.15, 0.2) is 174 Å². The fourth-order valence-electron chi connectivity index (χ4n) is 9.25. The standard InChI is InChI=1S/C30H21BrN4.C17H18N4O.C10H17NO3/c31-27-20-10-19-26(33-27)28-25-18-11-21-32-29(25)35(34-28)30(22-12-4-1-5-13-22,23-14-6-2-7-15-23)24-16-8-3-9-17-24;22-17(6-9-18-10-7-17)15-5-1-4-13(21-15)16-12-3-2-8-19-14(12)11-20-16;1-10(2,3)14-9(13)11-6-4-8(12)5-7-11/h1-21H;1-5,8,18,22H,6-7,9-11H2;4-7H2,1-3H3. The predicted octanol–water partition coefficient (Wildman–Crippen LogP) is 10.1. The van der Waals surface area contributed by atoms with E-state index in [-0.39, 0.29) is 11.9 Å². The van der Waals surface area contributed by atoms with Crippen molar-refractivity contribution < 1.29 is 19.4 Å². The van der Waals surface area contributed by atoms with Gasteiger partial charge in [0.15, 0.2) is 5.65 Å². The zero-order chi connectivity index (χ0) is 49.4. The van der Waals surface area contributed by atoms with E-state index < -0.39 is 16.7 Å². The number of rotatable bonds is 7. The lowest BCUT2D eigenvalue weighted by molar-refractivity contribution is -0.121. The first kappa shape index (κ1) is 48.8. The lowest BCUT2D eigenvalue weighted by atomic mass is 9.77. The Balaban J connectivity index is 0.000000147. The molecule has 11 rings (SSSR count). The van der Waals surface area contributed by atoms with Crippen LogP contribution in [0.4, 0.5) is 4.79 Å². The smallest absolute Gasteiger partial charge is 0.410 e. The van der Waals surface area contributed by atoms with Crippen LogP contribution < -0.4 is 5.32 Å². The summed E-state index contributed by atoms with van der Waals surface area (Å²) in [5, 5.41) is 20.3. The van der Waals surface area contributed by atoms with E-state index in [1.54, 1.807) is 11.1 Å². The molecule has 0 unspecified atom stereocenters. The lowest BCUT2D eigenvalue weighted by Gasteiger charge is -2.36. The lowest BCUT2D eigenvalue weighted by Crippen LogP contribution is -2.41. The number of amides is 1. The van der Waals surface area contributed by atoms with E-state index in [1.807, 2.05) is 99.8 Å². The average molecular weight is 1010 g/mol. The number of aliphatic imine (C=N–C) groups is 1. The van der Waals surface area contributed by atoms with Crippen LogP contribution in [0, 0.1) is 0 Å². The molecule has 0 saturated carbocycles. The molecular formula is C57H56BrN9O4. The molecule has 2 N–H and O–H groups in total. The zero-order valence-electron chi connectivity index (χ0n) is 40.1. The second kappa shape index (κ2) is 21.4. The molecule has 3 aliphatic heterocycles. The number of piperidine rings is 2. The van der Waals surface area contributed by atoms with Crippen molar-refractivity contribution in [3.63, 3.8) is 0 Å².